The zero-order chi connectivity index (χ0) is 19.7. The maximum absolute atomic E-state index is 12.7. The fraction of sp³-hybridized carbons (Fsp3) is 0.316. The highest BCUT2D eigenvalue weighted by Crippen LogP contribution is 2.23. The maximum Gasteiger partial charge on any atom is 0.333 e. The van der Waals surface area contributed by atoms with E-state index in [0.29, 0.717) is 30.9 Å². The van der Waals surface area contributed by atoms with Crippen molar-refractivity contribution in [2.24, 2.45) is 0 Å². The van der Waals surface area contributed by atoms with E-state index in [-0.39, 0.29) is 4.90 Å². The Kier molecular flexibility index (Phi) is 5.13. The molecule has 0 spiro atoms. The van der Waals surface area contributed by atoms with Crippen LogP contribution in [0.3, 0.4) is 0 Å². The number of hydrogen-bond donors (Lipinski definition) is 0. The molecule has 0 unspecified atom stereocenters. The summed E-state index contributed by atoms with van der Waals surface area (Å²) in [7, 11) is -3.82. The van der Waals surface area contributed by atoms with Crippen LogP contribution in [0.1, 0.15) is 12.1 Å². The molecule has 1 aromatic heterocycles. The molecule has 0 amide bonds. The van der Waals surface area contributed by atoms with E-state index in [0.717, 1.165) is 18.9 Å². The first-order valence-corrected chi connectivity index (χ1v) is 10.4. The van der Waals surface area contributed by atoms with Crippen molar-refractivity contribution >= 4 is 20.8 Å². The molecule has 1 aliphatic heterocycles. The summed E-state index contributed by atoms with van der Waals surface area (Å²) in [6, 6.07) is 14.4. The summed E-state index contributed by atoms with van der Waals surface area (Å²) in [5.74, 6) is 0. The first-order chi connectivity index (χ1) is 13.4. The van der Waals surface area contributed by atoms with E-state index in [9.17, 15) is 17.2 Å². The monoisotopic (exact) mass is 406 g/mol. The Morgan fingerprint density at radius 2 is 1.71 bits per heavy atom. The van der Waals surface area contributed by atoms with Crippen LogP contribution in [-0.4, -0.2) is 53.6 Å². The number of nitrogens with zero attached hydrogens (tertiary/aromatic N) is 4. The Morgan fingerprint density at radius 3 is 2.43 bits per heavy atom. The average Bonchev–Trinajstić information content (AvgIpc) is 3.20. The van der Waals surface area contributed by atoms with Crippen LogP contribution in [0.4, 0.5) is 8.78 Å². The number of halogens is 2. The number of piperazine rings is 1. The zero-order valence-corrected chi connectivity index (χ0v) is 15.9. The molecule has 0 aliphatic carbocycles. The van der Waals surface area contributed by atoms with Gasteiger partial charge in [0, 0.05) is 32.7 Å². The molecule has 0 atom stereocenters. The molecule has 0 N–H and O–H groups in total. The smallest absolute Gasteiger partial charge is 0.296 e. The van der Waals surface area contributed by atoms with Gasteiger partial charge in [-0.1, -0.05) is 42.5 Å². The summed E-state index contributed by atoms with van der Waals surface area (Å²) in [5, 5.41) is 5.80. The third-order valence-electron chi connectivity index (χ3n) is 5.02. The number of hydrogen-bond acceptors (Lipinski definition) is 4. The van der Waals surface area contributed by atoms with Crippen LogP contribution in [-0.2, 0) is 16.6 Å². The number of rotatable bonds is 5. The molecule has 2 heterocycles. The van der Waals surface area contributed by atoms with Gasteiger partial charge >= 0.3 is 6.55 Å². The Labute approximate surface area is 162 Å². The van der Waals surface area contributed by atoms with Gasteiger partial charge in [0.05, 0.1) is 12.4 Å². The highest BCUT2D eigenvalue weighted by atomic mass is 32.2. The molecule has 4 rings (SSSR count). The van der Waals surface area contributed by atoms with Gasteiger partial charge in [-0.25, -0.2) is 13.1 Å². The molecule has 6 nitrogen and oxygen atoms in total. The standard InChI is InChI=1S/C19H20F2N4O2S/c20-19(21)25-14-17(12-22-25)28(26,27)24-10-8-23(9-11-24)13-16-6-3-5-15-4-1-2-7-18(15)16/h1-7,12,14,19H,8-11,13H2. The Bertz CT molecular complexity index is 1070. The van der Waals surface area contributed by atoms with Crippen LogP contribution in [0.15, 0.2) is 59.8 Å². The fourth-order valence-electron chi connectivity index (χ4n) is 3.51. The lowest BCUT2D eigenvalue weighted by Crippen LogP contribution is -2.48. The van der Waals surface area contributed by atoms with Gasteiger partial charge in [0.2, 0.25) is 10.0 Å². The number of aromatic nitrogens is 2. The second kappa shape index (κ2) is 7.57. The van der Waals surface area contributed by atoms with Crippen molar-refractivity contribution in [2.75, 3.05) is 26.2 Å². The van der Waals surface area contributed by atoms with E-state index in [1.807, 2.05) is 18.2 Å². The molecule has 9 heteroatoms. The lowest BCUT2D eigenvalue weighted by Gasteiger charge is -2.33. The fourth-order valence-corrected chi connectivity index (χ4v) is 4.87. The van der Waals surface area contributed by atoms with E-state index in [4.69, 9.17) is 0 Å². The van der Waals surface area contributed by atoms with Crippen LogP contribution in [0.5, 0.6) is 0 Å². The Balaban J connectivity index is 1.44. The maximum atomic E-state index is 12.7. The normalized spacial score (nSPS) is 16.8. The quantitative estimate of drug-likeness (QED) is 0.654. The van der Waals surface area contributed by atoms with Crippen molar-refractivity contribution in [2.45, 2.75) is 18.0 Å². The number of alkyl halides is 2. The summed E-state index contributed by atoms with van der Waals surface area (Å²) in [5.41, 5.74) is 1.20. The highest BCUT2D eigenvalue weighted by Gasteiger charge is 2.30. The molecule has 3 aromatic rings. The minimum Gasteiger partial charge on any atom is -0.296 e. The van der Waals surface area contributed by atoms with Gasteiger partial charge in [0.25, 0.3) is 0 Å². The van der Waals surface area contributed by atoms with Crippen LogP contribution in [0.2, 0.25) is 0 Å². The first kappa shape index (κ1) is 19.0. The molecule has 1 saturated heterocycles. The van der Waals surface area contributed by atoms with Gasteiger partial charge in [0.1, 0.15) is 4.90 Å². The third kappa shape index (κ3) is 3.65. The number of benzene rings is 2. The van der Waals surface area contributed by atoms with Gasteiger partial charge in [-0.3, -0.25) is 4.90 Å². The van der Waals surface area contributed by atoms with Gasteiger partial charge in [-0.15, -0.1) is 0 Å². The molecular weight excluding hydrogens is 386 g/mol. The van der Waals surface area contributed by atoms with Crippen molar-refractivity contribution in [3.05, 3.63) is 60.4 Å². The molecule has 28 heavy (non-hydrogen) atoms. The molecule has 1 aliphatic rings. The van der Waals surface area contributed by atoms with Crippen molar-refractivity contribution < 1.29 is 17.2 Å². The topological polar surface area (TPSA) is 58.4 Å². The minimum absolute atomic E-state index is 0.199. The van der Waals surface area contributed by atoms with E-state index in [1.54, 1.807) is 0 Å². The van der Waals surface area contributed by atoms with Crippen molar-refractivity contribution in [1.29, 1.82) is 0 Å². The minimum atomic E-state index is -3.82. The largest absolute Gasteiger partial charge is 0.333 e. The number of sulfonamides is 1. The average molecular weight is 406 g/mol. The molecule has 0 bridgehead atoms. The van der Waals surface area contributed by atoms with E-state index in [1.165, 1.54) is 20.6 Å². The summed E-state index contributed by atoms with van der Waals surface area (Å²) in [6.07, 6.45) is 1.85. The Hall–Kier alpha value is -2.36. The second-order valence-corrected chi connectivity index (χ2v) is 8.69. The molecule has 148 valence electrons. The molecule has 0 radical (unpaired) electrons. The van der Waals surface area contributed by atoms with E-state index < -0.39 is 16.6 Å². The van der Waals surface area contributed by atoms with Crippen LogP contribution < -0.4 is 0 Å². The van der Waals surface area contributed by atoms with Crippen LogP contribution in [0, 0.1) is 0 Å². The second-order valence-electron chi connectivity index (χ2n) is 6.75. The third-order valence-corrected chi connectivity index (χ3v) is 6.87. The van der Waals surface area contributed by atoms with Crippen molar-refractivity contribution in [1.82, 2.24) is 19.0 Å². The zero-order valence-electron chi connectivity index (χ0n) is 15.1. The lowest BCUT2D eigenvalue weighted by atomic mass is 10.0. The van der Waals surface area contributed by atoms with Gasteiger partial charge in [-0.2, -0.15) is 18.2 Å². The molecule has 2 aromatic carbocycles. The summed E-state index contributed by atoms with van der Waals surface area (Å²) in [6.45, 7) is -0.350. The van der Waals surface area contributed by atoms with Gasteiger partial charge in [-0.05, 0) is 16.3 Å². The summed E-state index contributed by atoms with van der Waals surface area (Å²) < 4.78 is 52.4. The predicted molar refractivity (Wildman–Crippen MR) is 101 cm³/mol. The lowest BCUT2D eigenvalue weighted by molar-refractivity contribution is 0.0563. The van der Waals surface area contributed by atoms with Gasteiger partial charge < -0.3 is 0 Å². The van der Waals surface area contributed by atoms with E-state index in [2.05, 4.69) is 34.3 Å². The van der Waals surface area contributed by atoms with Crippen molar-refractivity contribution in [3.63, 3.8) is 0 Å². The molecular formula is C19H20F2N4O2S. The summed E-state index contributed by atoms with van der Waals surface area (Å²) >= 11 is 0. The molecule has 0 saturated carbocycles. The van der Waals surface area contributed by atoms with Crippen LogP contribution in [0.25, 0.3) is 10.8 Å². The highest BCUT2D eigenvalue weighted by molar-refractivity contribution is 7.89. The van der Waals surface area contributed by atoms with E-state index >= 15 is 0 Å². The van der Waals surface area contributed by atoms with Gasteiger partial charge in [0.15, 0.2) is 0 Å². The van der Waals surface area contributed by atoms with Crippen molar-refractivity contribution in [3.8, 4) is 0 Å². The predicted octanol–water partition coefficient (Wildman–Crippen LogP) is 2.94. The first-order valence-electron chi connectivity index (χ1n) is 8.96. The summed E-state index contributed by atoms with van der Waals surface area (Å²) in [4.78, 5) is 2.01. The SMILES string of the molecule is O=S(=O)(c1cnn(C(F)F)c1)N1CCN(Cc2cccc3ccccc23)CC1. The molecule has 1 fully saturated rings. The Morgan fingerprint density at radius 1 is 1.00 bits per heavy atom. The van der Waals surface area contributed by atoms with Crippen LogP contribution >= 0.6 is 0 Å². The number of fused-ring (bicyclic) bond motifs is 1.